The van der Waals surface area contributed by atoms with Crippen molar-refractivity contribution in [3.05, 3.63) is 31.0 Å². The minimum absolute atomic E-state index is 0.515. The Hall–Kier alpha value is -3.18. The van der Waals surface area contributed by atoms with Crippen LogP contribution in [0.1, 0.15) is 0 Å². The largest absolute Gasteiger partial charge is 0.378 e. The fourth-order valence-corrected chi connectivity index (χ4v) is 3.25. The van der Waals surface area contributed by atoms with Gasteiger partial charge in [0.15, 0.2) is 5.82 Å². The van der Waals surface area contributed by atoms with Crippen LogP contribution in [0.25, 0.3) is 17.5 Å². The van der Waals surface area contributed by atoms with E-state index in [1.54, 1.807) is 29.5 Å². The quantitative estimate of drug-likeness (QED) is 0.607. The third-order valence-electron chi connectivity index (χ3n) is 4.81. The Kier molecular flexibility index (Phi) is 4.97. The van der Waals surface area contributed by atoms with E-state index in [4.69, 9.17) is 24.4 Å². The molecule has 0 bridgehead atoms. The lowest BCUT2D eigenvalue weighted by Crippen LogP contribution is -2.40. The van der Waals surface area contributed by atoms with Gasteiger partial charge < -0.3 is 19.3 Å². The summed E-state index contributed by atoms with van der Waals surface area (Å²) in [6.07, 6.45) is 6.84. The molecule has 0 radical (unpaired) electrons. The van der Waals surface area contributed by atoms with Crippen LogP contribution in [0.3, 0.4) is 0 Å². The second-order valence-electron chi connectivity index (χ2n) is 6.67. The molecule has 2 aliphatic heterocycles. The monoisotopic (exact) mass is 395 g/mol. The number of hydrogen-bond donors (Lipinski definition) is 0. The average molecular weight is 395 g/mol. The zero-order chi connectivity index (χ0) is 19.5. The summed E-state index contributed by atoms with van der Waals surface area (Å²) in [7, 11) is 0. The van der Waals surface area contributed by atoms with Crippen LogP contribution < -0.4 is 9.80 Å². The standard InChI is InChI=1S/C18H21N9O2/c1-2-20-16(27-4-3-19-13-27)21-14(1)15-22-17(25-5-9-28-10-6-25)24-18(23-15)26-7-11-29-12-8-26/h1-4,13H,5-12H2. The number of aromatic nitrogens is 7. The second-order valence-corrected chi connectivity index (χ2v) is 6.67. The van der Waals surface area contributed by atoms with Crippen molar-refractivity contribution < 1.29 is 9.47 Å². The highest BCUT2D eigenvalue weighted by Gasteiger charge is 2.21. The molecular formula is C18H21N9O2. The van der Waals surface area contributed by atoms with Crippen molar-refractivity contribution in [2.24, 2.45) is 0 Å². The summed E-state index contributed by atoms with van der Waals surface area (Å²) < 4.78 is 12.7. The highest BCUT2D eigenvalue weighted by Crippen LogP contribution is 2.22. The molecular weight excluding hydrogens is 374 g/mol. The van der Waals surface area contributed by atoms with Crippen molar-refractivity contribution in [2.45, 2.75) is 0 Å². The van der Waals surface area contributed by atoms with Gasteiger partial charge >= 0.3 is 0 Å². The van der Waals surface area contributed by atoms with E-state index >= 15 is 0 Å². The Morgan fingerprint density at radius 2 is 1.38 bits per heavy atom. The Morgan fingerprint density at radius 1 is 0.724 bits per heavy atom. The van der Waals surface area contributed by atoms with Gasteiger partial charge in [-0.3, -0.25) is 4.57 Å². The fraction of sp³-hybridized carbons (Fsp3) is 0.444. The lowest BCUT2D eigenvalue weighted by Gasteiger charge is -2.30. The predicted molar refractivity (Wildman–Crippen MR) is 104 cm³/mol. The number of rotatable bonds is 4. The highest BCUT2D eigenvalue weighted by atomic mass is 16.5. The van der Waals surface area contributed by atoms with Crippen molar-refractivity contribution in [2.75, 3.05) is 62.4 Å². The average Bonchev–Trinajstić information content (AvgIpc) is 3.35. The molecule has 150 valence electrons. The van der Waals surface area contributed by atoms with Gasteiger partial charge in [-0.2, -0.15) is 15.0 Å². The molecule has 0 spiro atoms. The van der Waals surface area contributed by atoms with Crippen LogP contribution in [0.4, 0.5) is 11.9 Å². The lowest BCUT2D eigenvalue weighted by molar-refractivity contribution is 0.121. The van der Waals surface area contributed by atoms with Gasteiger partial charge in [0.05, 0.1) is 26.4 Å². The molecule has 0 N–H and O–H groups in total. The zero-order valence-corrected chi connectivity index (χ0v) is 15.9. The number of morpholine rings is 2. The number of nitrogens with zero attached hydrogens (tertiary/aromatic N) is 9. The topological polar surface area (TPSA) is 107 Å². The van der Waals surface area contributed by atoms with Crippen LogP contribution in [0.2, 0.25) is 0 Å². The van der Waals surface area contributed by atoms with E-state index in [1.165, 1.54) is 0 Å². The van der Waals surface area contributed by atoms with Gasteiger partial charge in [-0.05, 0) is 6.07 Å². The summed E-state index contributed by atoms with van der Waals surface area (Å²) in [6.45, 7) is 5.62. The zero-order valence-electron chi connectivity index (χ0n) is 15.9. The van der Waals surface area contributed by atoms with Crippen molar-refractivity contribution >= 4 is 11.9 Å². The molecule has 0 aliphatic carbocycles. The van der Waals surface area contributed by atoms with Crippen LogP contribution >= 0.6 is 0 Å². The Morgan fingerprint density at radius 3 is 1.97 bits per heavy atom. The first kappa shape index (κ1) is 17.9. The first-order valence-corrected chi connectivity index (χ1v) is 9.60. The van der Waals surface area contributed by atoms with Crippen LogP contribution in [0.5, 0.6) is 0 Å². The van der Waals surface area contributed by atoms with Crippen LogP contribution in [-0.2, 0) is 9.47 Å². The van der Waals surface area contributed by atoms with Crippen molar-refractivity contribution in [3.8, 4) is 17.5 Å². The maximum atomic E-state index is 5.47. The third kappa shape index (κ3) is 3.87. The maximum absolute atomic E-state index is 5.47. The van der Waals surface area contributed by atoms with E-state index in [0.29, 0.717) is 55.8 Å². The molecule has 2 aliphatic rings. The molecule has 0 unspecified atom stereocenters. The van der Waals surface area contributed by atoms with Crippen LogP contribution in [-0.4, -0.2) is 87.1 Å². The van der Waals surface area contributed by atoms with Gasteiger partial charge in [-0.1, -0.05) is 0 Å². The van der Waals surface area contributed by atoms with Gasteiger partial charge in [0.2, 0.25) is 17.8 Å². The smallest absolute Gasteiger partial charge is 0.235 e. The van der Waals surface area contributed by atoms with E-state index < -0.39 is 0 Å². The molecule has 0 atom stereocenters. The van der Waals surface area contributed by atoms with Gasteiger partial charge in [0, 0.05) is 44.8 Å². The summed E-state index contributed by atoms with van der Waals surface area (Å²) in [6, 6.07) is 1.81. The first-order chi connectivity index (χ1) is 14.4. The molecule has 11 heteroatoms. The summed E-state index contributed by atoms with van der Waals surface area (Å²) >= 11 is 0. The predicted octanol–water partition coefficient (Wildman–Crippen LogP) is 0.188. The van der Waals surface area contributed by atoms with Gasteiger partial charge in [-0.15, -0.1) is 0 Å². The molecule has 0 amide bonds. The molecule has 0 aromatic carbocycles. The molecule has 3 aromatic rings. The lowest BCUT2D eigenvalue weighted by atomic mass is 10.3. The number of hydrogen-bond acceptors (Lipinski definition) is 10. The Balaban J connectivity index is 1.55. The minimum atomic E-state index is 0.515. The minimum Gasteiger partial charge on any atom is -0.378 e. The number of anilines is 2. The molecule has 11 nitrogen and oxygen atoms in total. The summed E-state index contributed by atoms with van der Waals surface area (Å²) in [5.41, 5.74) is 0.634. The van der Waals surface area contributed by atoms with Crippen molar-refractivity contribution in [1.29, 1.82) is 0 Å². The summed E-state index contributed by atoms with van der Waals surface area (Å²) in [5, 5.41) is 0. The Bertz CT molecular complexity index is 917. The third-order valence-corrected chi connectivity index (χ3v) is 4.81. The van der Waals surface area contributed by atoms with E-state index in [9.17, 15) is 0 Å². The summed E-state index contributed by atoms with van der Waals surface area (Å²) in [4.78, 5) is 31.4. The van der Waals surface area contributed by atoms with E-state index in [1.807, 2.05) is 6.07 Å². The van der Waals surface area contributed by atoms with E-state index in [2.05, 4.69) is 24.8 Å². The van der Waals surface area contributed by atoms with Gasteiger partial charge in [0.1, 0.15) is 12.0 Å². The van der Waals surface area contributed by atoms with E-state index in [-0.39, 0.29) is 0 Å². The summed E-state index contributed by atoms with van der Waals surface area (Å²) in [5.74, 6) is 2.32. The molecule has 2 fully saturated rings. The molecule has 0 saturated carbocycles. The molecule has 5 heterocycles. The SMILES string of the molecule is c1cn(-c2nccc(-c3nc(N4CCOCC4)nc(N4CCOCC4)n3)n2)cn1. The Labute approximate surface area is 167 Å². The number of ether oxygens (including phenoxy) is 2. The first-order valence-electron chi connectivity index (χ1n) is 9.60. The van der Waals surface area contributed by atoms with Gasteiger partial charge in [-0.25, -0.2) is 15.0 Å². The second kappa shape index (κ2) is 8.05. The van der Waals surface area contributed by atoms with Crippen LogP contribution in [0, 0.1) is 0 Å². The van der Waals surface area contributed by atoms with Gasteiger partial charge in [0.25, 0.3) is 0 Å². The highest BCUT2D eigenvalue weighted by molar-refractivity contribution is 5.55. The van der Waals surface area contributed by atoms with Crippen molar-refractivity contribution in [3.63, 3.8) is 0 Å². The maximum Gasteiger partial charge on any atom is 0.235 e. The van der Waals surface area contributed by atoms with Crippen LogP contribution in [0.15, 0.2) is 31.0 Å². The fourth-order valence-electron chi connectivity index (χ4n) is 3.25. The number of imidazole rings is 1. The molecule has 2 saturated heterocycles. The van der Waals surface area contributed by atoms with Crippen molar-refractivity contribution in [1.82, 2.24) is 34.5 Å². The normalized spacial score (nSPS) is 17.5. The van der Waals surface area contributed by atoms with E-state index in [0.717, 1.165) is 26.2 Å². The molecule has 5 rings (SSSR count). The molecule has 3 aromatic heterocycles. The molecule has 29 heavy (non-hydrogen) atoms.